The summed E-state index contributed by atoms with van der Waals surface area (Å²) in [5, 5.41) is 14.3. The minimum atomic E-state index is -0.281. The Morgan fingerprint density at radius 2 is 2.15 bits per heavy atom. The largest absolute Gasteiger partial charge is 0.365 e. The second-order valence-electron chi connectivity index (χ2n) is 6.65. The van der Waals surface area contributed by atoms with Crippen molar-refractivity contribution in [2.45, 2.75) is 39.6 Å². The molecule has 1 aromatic carbocycles. The number of carbonyl (C=O) groups is 1. The molecule has 1 unspecified atom stereocenters. The van der Waals surface area contributed by atoms with Gasteiger partial charge in [-0.3, -0.25) is 14.6 Å². The van der Waals surface area contributed by atoms with Gasteiger partial charge in [-0.25, -0.2) is 4.39 Å². The van der Waals surface area contributed by atoms with Crippen LogP contribution in [0.3, 0.4) is 0 Å². The number of ether oxygens (including phenoxy) is 1. The van der Waals surface area contributed by atoms with Crippen LogP contribution in [0.2, 0.25) is 0 Å². The summed E-state index contributed by atoms with van der Waals surface area (Å²) in [5.74, 6) is -0.522. The summed E-state index contributed by atoms with van der Waals surface area (Å²) < 4.78 is 20.7. The van der Waals surface area contributed by atoms with Gasteiger partial charge < -0.3 is 10.1 Å². The van der Waals surface area contributed by atoms with Gasteiger partial charge in [-0.15, -0.1) is 0 Å². The van der Waals surface area contributed by atoms with Gasteiger partial charge in [0.2, 0.25) is 0 Å². The van der Waals surface area contributed by atoms with E-state index in [9.17, 15) is 9.18 Å². The summed E-state index contributed by atoms with van der Waals surface area (Å²) in [6, 6.07) is 7.98. The maximum Gasteiger partial charge on any atom is 0.272 e. The molecule has 2 N–H and O–H groups in total. The van der Waals surface area contributed by atoms with Crippen LogP contribution in [-0.2, 0) is 24.4 Å². The van der Waals surface area contributed by atoms with Gasteiger partial charge in [0.05, 0.1) is 24.5 Å². The lowest BCUT2D eigenvalue weighted by molar-refractivity contribution is -0.00123. The molecule has 1 aliphatic rings. The van der Waals surface area contributed by atoms with E-state index < -0.39 is 0 Å². The van der Waals surface area contributed by atoms with E-state index in [-0.39, 0.29) is 17.8 Å². The fourth-order valence-corrected chi connectivity index (χ4v) is 3.21. The molecular weight excluding hydrogens is 349 g/mol. The van der Waals surface area contributed by atoms with E-state index in [0.29, 0.717) is 25.4 Å². The summed E-state index contributed by atoms with van der Waals surface area (Å²) in [4.78, 5) is 12.5. The molecule has 0 aliphatic carbocycles. The second-order valence-corrected chi connectivity index (χ2v) is 6.65. The molecule has 7 nitrogen and oxygen atoms in total. The first-order valence-electron chi connectivity index (χ1n) is 8.73. The molecular formula is C19H20FN5O2. The molecule has 4 rings (SSSR count). The Bertz CT molecular complexity index is 957. The Morgan fingerprint density at radius 3 is 2.85 bits per heavy atom. The average molecular weight is 369 g/mol. The molecule has 0 radical (unpaired) electrons. The van der Waals surface area contributed by atoms with Crippen molar-refractivity contribution in [3.8, 4) is 0 Å². The smallest absolute Gasteiger partial charge is 0.272 e. The SMILES string of the molecule is Cc1n[nH]c(C)c1CNC(=O)c1cc2n(n1)CC(c1ccc(F)cc1)OC2. The maximum absolute atomic E-state index is 13.1. The Hall–Kier alpha value is -3.00. The number of H-pyrrole nitrogens is 1. The number of aryl methyl sites for hydroxylation is 2. The zero-order chi connectivity index (χ0) is 19.0. The Kier molecular flexibility index (Phi) is 4.49. The monoisotopic (exact) mass is 369 g/mol. The summed E-state index contributed by atoms with van der Waals surface area (Å²) in [6.45, 7) is 5.04. The molecule has 1 atom stereocenters. The van der Waals surface area contributed by atoms with Crippen molar-refractivity contribution < 1.29 is 13.9 Å². The summed E-state index contributed by atoms with van der Waals surface area (Å²) in [7, 11) is 0. The highest BCUT2D eigenvalue weighted by molar-refractivity contribution is 5.92. The van der Waals surface area contributed by atoms with Gasteiger partial charge in [0, 0.05) is 17.8 Å². The van der Waals surface area contributed by atoms with Gasteiger partial charge in [-0.2, -0.15) is 10.2 Å². The van der Waals surface area contributed by atoms with Crippen molar-refractivity contribution in [1.82, 2.24) is 25.3 Å². The molecule has 2 aromatic heterocycles. The number of rotatable bonds is 4. The van der Waals surface area contributed by atoms with E-state index in [1.165, 1.54) is 12.1 Å². The Morgan fingerprint density at radius 1 is 1.37 bits per heavy atom. The first-order chi connectivity index (χ1) is 13.0. The van der Waals surface area contributed by atoms with Crippen molar-refractivity contribution in [2.75, 3.05) is 0 Å². The van der Waals surface area contributed by atoms with Crippen LogP contribution < -0.4 is 5.32 Å². The molecule has 0 saturated heterocycles. The minimum absolute atomic E-state index is 0.217. The van der Waals surface area contributed by atoms with Gasteiger partial charge in [0.25, 0.3) is 5.91 Å². The number of nitrogens with one attached hydrogen (secondary N) is 2. The first-order valence-corrected chi connectivity index (χ1v) is 8.73. The number of nitrogens with zero attached hydrogens (tertiary/aromatic N) is 3. The van der Waals surface area contributed by atoms with Crippen LogP contribution in [0.4, 0.5) is 4.39 Å². The fourth-order valence-electron chi connectivity index (χ4n) is 3.21. The minimum Gasteiger partial charge on any atom is -0.365 e. The normalized spacial score (nSPS) is 16.2. The van der Waals surface area contributed by atoms with Crippen LogP contribution in [0.5, 0.6) is 0 Å². The van der Waals surface area contributed by atoms with E-state index in [0.717, 1.165) is 28.2 Å². The van der Waals surface area contributed by atoms with Crippen molar-refractivity contribution in [1.29, 1.82) is 0 Å². The summed E-state index contributed by atoms with van der Waals surface area (Å²) in [6.07, 6.45) is -0.217. The van der Waals surface area contributed by atoms with Gasteiger partial charge in [0.1, 0.15) is 11.9 Å². The number of fused-ring (bicyclic) bond motifs is 1. The second kappa shape index (κ2) is 6.96. The number of carbonyl (C=O) groups excluding carboxylic acids is 1. The number of aromatic amines is 1. The number of amides is 1. The van der Waals surface area contributed by atoms with Crippen LogP contribution >= 0.6 is 0 Å². The van der Waals surface area contributed by atoms with Crippen LogP contribution in [-0.4, -0.2) is 25.9 Å². The topological polar surface area (TPSA) is 84.8 Å². The third-order valence-electron chi connectivity index (χ3n) is 4.82. The molecule has 0 fully saturated rings. The molecule has 0 spiro atoms. The molecule has 140 valence electrons. The predicted octanol–water partition coefficient (Wildman–Crippen LogP) is 2.56. The summed E-state index contributed by atoms with van der Waals surface area (Å²) in [5.41, 5.74) is 4.86. The quantitative estimate of drug-likeness (QED) is 0.740. The van der Waals surface area contributed by atoms with Crippen LogP contribution in [0.15, 0.2) is 30.3 Å². The van der Waals surface area contributed by atoms with Crippen molar-refractivity contribution in [3.05, 3.63) is 70.1 Å². The van der Waals surface area contributed by atoms with Crippen molar-refractivity contribution in [2.24, 2.45) is 0 Å². The highest BCUT2D eigenvalue weighted by Gasteiger charge is 2.24. The Labute approximate surface area is 155 Å². The van der Waals surface area contributed by atoms with E-state index >= 15 is 0 Å². The number of aromatic nitrogens is 4. The molecule has 8 heteroatoms. The van der Waals surface area contributed by atoms with Gasteiger partial charge in [-0.1, -0.05) is 12.1 Å². The molecule has 27 heavy (non-hydrogen) atoms. The summed E-state index contributed by atoms with van der Waals surface area (Å²) >= 11 is 0. The molecule has 1 aliphatic heterocycles. The number of halogens is 1. The fraction of sp³-hybridized carbons (Fsp3) is 0.316. The van der Waals surface area contributed by atoms with E-state index in [2.05, 4.69) is 20.6 Å². The van der Waals surface area contributed by atoms with E-state index in [1.807, 2.05) is 13.8 Å². The highest BCUT2D eigenvalue weighted by Crippen LogP contribution is 2.26. The number of benzene rings is 1. The van der Waals surface area contributed by atoms with Crippen LogP contribution in [0, 0.1) is 19.7 Å². The lowest BCUT2D eigenvalue weighted by atomic mass is 10.1. The van der Waals surface area contributed by atoms with Gasteiger partial charge >= 0.3 is 0 Å². The Balaban J connectivity index is 1.45. The number of hydrogen-bond donors (Lipinski definition) is 2. The molecule has 0 bridgehead atoms. The van der Waals surface area contributed by atoms with Gasteiger partial charge in [0.15, 0.2) is 5.69 Å². The van der Waals surface area contributed by atoms with Crippen molar-refractivity contribution in [3.63, 3.8) is 0 Å². The maximum atomic E-state index is 13.1. The molecule has 0 saturated carbocycles. The van der Waals surface area contributed by atoms with Gasteiger partial charge in [-0.05, 0) is 37.6 Å². The lowest BCUT2D eigenvalue weighted by Gasteiger charge is -2.24. The molecule has 3 heterocycles. The number of hydrogen-bond acceptors (Lipinski definition) is 4. The van der Waals surface area contributed by atoms with E-state index in [1.54, 1.807) is 22.9 Å². The lowest BCUT2D eigenvalue weighted by Crippen LogP contribution is -2.24. The molecule has 3 aromatic rings. The zero-order valence-corrected chi connectivity index (χ0v) is 15.1. The zero-order valence-electron chi connectivity index (χ0n) is 15.1. The third kappa shape index (κ3) is 3.48. The standard InChI is InChI=1S/C19H20FN5O2/c1-11-16(12(2)23-22-11)8-21-19(26)17-7-15-10-27-18(9-25(15)24-17)13-3-5-14(20)6-4-13/h3-7,18H,8-10H2,1-2H3,(H,21,26)(H,22,23). The van der Waals surface area contributed by atoms with Crippen LogP contribution in [0.25, 0.3) is 0 Å². The van der Waals surface area contributed by atoms with E-state index in [4.69, 9.17) is 4.74 Å². The average Bonchev–Trinajstić information content (AvgIpc) is 3.23. The van der Waals surface area contributed by atoms with Crippen molar-refractivity contribution >= 4 is 5.91 Å². The predicted molar refractivity (Wildman–Crippen MR) is 95.4 cm³/mol. The first kappa shape index (κ1) is 17.4. The molecule has 1 amide bonds. The third-order valence-corrected chi connectivity index (χ3v) is 4.82. The van der Waals surface area contributed by atoms with Crippen LogP contribution in [0.1, 0.15) is 44.8 Å². The highest BCUT2D eigenvalue weighted by atomic mass is 19.1.